The van der Waals surface area contributed by atoms with Crippen LogP contribution in [-0.4, -0.2) is 12.6 Å². The predicted molar refractivity (Wildman–Crippen MR) is 63.0 cm³/mol. The van der Waals surface area contributed by atoms with Gasteiger partial charge < -0.3 is 10.6 Å². The first-order valence-electron chi connectivity index (χ1n) is 6.12. The van der Waals surface area contributed by atoms with Crippen LogP contribution < -0.4 is 10.6 Å². The number of halogens is 1. The highest BCUT2D eigenvalue weighted by atomic mass is 19.1. The molecule has 0 radical (unpaired) electrons. The van der Waals surface area contributed by atoms with E-state index in [0.29, 0.717) is 12.1 Å². The Morgan fingerprint density at radius 1 is 1.25 bits per heavy atom. The van der Waals surface area contributed by atoms with E-state index in [0.717, 1.165) is 18.7 Å². The molecule has 1 atom stereocenters. The van der Waals surface area contributed by atoms with Gasteiger partial charge in [-0.2, -0.15) is 0 Å². The van der Waals surface area contributed by atoms with Crippen molar-refractivity contribution >= 4 is 5.69 Å². The monoisotopic (exact) mass is 220 g/mol. The summed E-state index contributed by atoms with van der Waals surface area (Å²) in [6.45, 7) is 0.931. The highest BCUT2D eigenvalue weighted by Gasteiger charge is 2.25. The molecular weight excluding hydrogens is 203 g/mol. The van der Waals surface area contributed by atoms with E-state index < -0.39 is 0 Å². The number of rotatable bonds is 2. The number of nitrogens with one attached hydrogen (secondary N) is 2. The van der Waals surface area contributed by atoms with Crippen molar-refractivity contribution in [1.82, 2.24) is 5.32 Å². The molecule has 0 aromatic heterocycles. The van der Waals surface area contributed by atoms with Gasteiger partial charge in [-0.3, -0.25) is 0 Å². The van der Waals surface area contributed by atoms with Crippen molar-refractivity contribution in [3.63, 3.8) is 0 Å². The molecule has 1 fully saturated rings. The van der Waals surface area contributed by atoms with Crippen LogP contribution in [0.15, 0.2) is 18.2 Å². The van der Waals surface area contributed by atoms with Gasteiger partial charge in [0.15, 0.2) is 0 Å². The highest BCUT2D eigenvalue weighted by Crippen LogP contribution is 2.32. The van der Waals surface area contributed by atoms with E-state index in [1.807, 2.05) is 6.07 Å². The lowest BCUT2D eigenvalue weighted by Gasteiger charge is -2.35. The first-order valence-corrected chi connectivity index (χ1v) is 6.12. The molecule has 1 aromatic carbocycles. The Morgan fingerprint density at radius 2 is 2.12 bits per heavy atom. The summed E-state index contributed by atoms with van der Waals surface area (Å²) in [4.78, 5) is 0. The van der Waals surface area contributed by atoms with Crippen molar-refractivity contribution < 1.29 is 4.39 Å². The van der Waals surface area contributed by atoms with Gasteiger partial charge in [0.1, 0.15) is 5.82 Å². The Kier molecular flexibility index (Phi) is 2.56. The number of anilines is 1. The average Bonchev–Trinajstić information content (AvgIpc) is 2.23. The van der Waals surface area contributed by atoms with E-state index in [-0.39, 0.29) is 5.82 Å². The Labute approximate surface area is 95.2 Å². The van der Waals surface area contributed by atoms with Gasteiger partial charge in [0.05, 0.1) is 0 Å². The summed E-state index contributed by atoms with van der Waals surface area (Å²) in [5.41, 5.74) is 2.18. The Morgan fingerprint density at radius 3 is 2.88 bits per heavy atom. The number of hydrogen-bond acceptors (Lipinski definition) is 2. The zero-order valence-electron chi connectivity index (χ0n) is 9.30. The number of benzene rings is 1. The van der Waals surface area contributed by atoms with Gasteiger partial charge in [-0.1, -0.05) is 12.5 Å². The van der Waals surface area contributed by atoms with E-state index in [9.17, 15) is 4.39 Å². The van der Waals surface area contributed by atoms with Crippen molar-refractivity contribution in [2.75, 3.05) is 11.9 Å². The summed E-state index contributed by atoms with van der Waals surface area (Å²) < 4.78 is 13.1. The molecule has 1 unspecified atom stereocenters. The molecule has 1 heterocycles. The molecule has 0 saturated heterocycles. The summed E-state index contributed by atoms with van der Waals surface area (Å²) in [7, 11) is 0. The molecular formula is C13H17FN2. The van der Waals surface area contributed by atoms with Crippen LogP contribution in [0, 0.1) is 5.82 Å². The Bertz CT molecular complexity index is 388. The SMILES string of the molecule is Fc1ccc2c(c1)NCCC2NC1CCC1. The smallest absolute Gasteiger partial charge is 0.125 e. The summed E-state index contributed by atoms with van der Waals surface area (Å²) in [5, 5.41) is 6.93. The van der Waals surface area contributed by atoms with Gasteiger partial charge in [-0.05, 0) is 37.0 Å². The van der Waals surface area contributed by atoms with E-state index >= 15 is 0 Å². The second-order valence-corrected chi connectivity index (χ2v) is 4.79. The first-order chi connectivity index (χ1) is 7.83. The average molecular weight is 220 g/mol. The molecule has 1 aromatic rings. The minimum absolute atomic E-state index is 0.157. The van der Waals surface area contributed by atoms with Gasteiger partial charge in [0.2, 0.25) is 0 Å². The topological polar surface area (TPSA) is 24.1 Å². The first kappa shape index (κ1) is 10.1. The van der Waals surface area contributed by atoms with Crippen LogP contribution in [0.25, 0.3) is 0 Å². The summed E-state index contributed by atoms with van der Waals surface area (Å²) in [5.74, 6) is -0.157. The standard InChI is InChI=1S/C13H17FN2/c14-9-4-5-11-12(16-10-2-1-3-10)6-7-15-13(11)8-9/h4-5,8,10,12,15-16H,1-3,6-7H2. The van der Waals surface area contributed by atoms with Gasteiger partial charge in [0.25, 0.3) is 0 Å². The fourth-order valence-electron chi connectivity index (χ4n) is 2.52. The molecule has 3 heteroatoms. The molecule has 0 bridgehead atoms. The van der Waals surface area contributed by atoms with Gasteiger partial charge in [-0.15, -0.1) is 0 Å². The molecule has 2 nitrogen and oxygen atoms in total. The van der Waals surface area contributed by atoms with Crippen LogP contribution in [0.1, 0.15) is 37.3 Å². The van der Waals surface area contributed by atoms with Crippen LogP contribution in [0.3, 0.4) is 0 Å². The van der Waals surface area contributed by atoms with E-state index in [4.69, 9.17) is 0 Å². The molecule has 2 aliphatic rings. The Hall–Kier alpha value is -1.09. The minimum atomic E-state index is -0.157. The maximum absolute atomic E-state index is 13.1. The number of fused-ring (bicyclic) bond motifs is 1. The fourth-order valence-corrected chi connectivity index (χ4v) is 2.52. The lowest BCUT2D eigenvalue weighted by Crippen LogP contribution is -2.40. The van der Waals surface area contributed by atoms with Crippen molar-refractivity contribution in [3.05, 3.63) is 29.6 Å². The largest absolute Gasteiger partial charge is 0.385 e. The molecule has 2 N–H and O–H groups in total. The maximum atomic E-state index is 13.1. The zero-order valence-corrected chi connectivity index (χ0v) is 9.30. The summed E-state index contributed by atoms with van der Waals surface area (Å²) in [6.07, 6.45) is 5.02. The predicted octanol–water partition coefficient (Wildman–Crippen LogP) is 2.82. The van der Waals surface area contributed by atoms with Crippen molar-refractivity contribution in [1.29, 1.82) is 0 Å². The third kappa shape index (κ3) is 1.80. The van der Waals surface area contributed by atoms with Crippen molar-refractivity contribution in [2.45, 2.75) is 37.8 Å². The van der Waals surface area contributed by atoms with Crippen LogP contribution in [0.2, 0.25) is 0 Å². The Balaban J connectivity index is 1.81. The van der Waals surface area contributed by atoms with Crippen LogP contribution in [0.5, 0.6) is 0 Å². The quantitative estimate of drug-likeness (QED) is 0.800. The van der Waals surface area contributed by atoms with E-state index in [1.54, 1.807) is 12.1 Å². The maximum Gasteiger partial charge on any atom is 0.125 e. The van der Waals surface area contributed by atoms with Gasteiger partial charge >= 0.3 is 0 Å². The second-order valence-electron chi connectivity index (χ2n) is 4.79. The second kappa shape index (κ2) is 4.06. The molecule has 16 heavy (non-hydrogen) atoms. The molecule has 0 spiro atoms. The van der Waals surface area contributed by atoms with Crippen LogP contribution in [-0.2, 0) is 0 Å². The lowest BCUT2D eigenvalue weighted by molar-refractivity contribution is 0.298. The third-order valence-electron chi connectivity index (χ3n) is 3.68. The molecule has 1 saturated carbocycles. The molecule has 1 aliphatic heterocycles. The van der Waals surface area contributed by atoms with Crippen LogP contribution in [0.4, 0.5) is 10.1 Å². The fraction of sp³-hybridized carbons (Fsp3) is 0.538. The summed E-state index contributed by atoms with van der Waals surface area (Å²) in [6, 6.07) is 6.15. The molecule has 0 amide bonds. The van der Waals surface area contributed by atoms with E-state index in [2.05, 4.69) is 10.6 Å². The number of hydrogen-bond donors (Lipinski definition) is 2. The minimum Gasteiger partial charge on any atom is -0.385 e. The van der Waals surface area contributed by atoms with Crippen LogP contribution >= 0.6 is 0 Å². The third-order valence-corrected chi connectivity index (χ3v) is 3.68. The summed E-state index contributed by atoms with van der Waals surface area (Å²) >= 11 is 0. The normalized spacial score (nSPS) is 24.4. The lowest BCUT2D eigenvalue weighted by atomic mass is 9.89. The highest BCUT2D eigenvalue weighted by molar-refractivity contribution is 5.54. The van der Waals surface area contributed by atoms with Gasteiger partial charge in [0, 0.05) is 24.3 Å². The zero-order chi connectivity index (χ0) is 11.0. The molecule has 86 valence electrons. The van der Waals surface area contributed by atoms with Crippen molar-refractivity contribution in [2.24, 2.45) is 0 Å². The molecule has 1 aliphatic carbocycles. The van der Waals surface area contributed by atoms with Crippen molar-refractivity contribution in [3.8, 4) is 0 Å². The van der Waals surface area contributed by atoms with Gasteiger partial charge in [-0.25, -0.2) is 4.39 Å². The molecule has 3 rings (SSSR count). The van der Waals surface area contributed by atoms with E-state index in [1.165, 1.54) is 24.8 Å².